The molecular formula is C20H15I2N3O2S. The number of ether oxygens (including phenoxy) is 1. The van der Waals surface area contributed by atoms with Gasteiger partial charge in [0.05, 0.1) is 23.7 Å². The van der Waals surface area contributed by atoms with E-state index in [1.807, 2.05) is 36.4 Å². The van der Waals surface area contributed by atoms with Crippen molar-refractivity contribution in [2.24, 2.45) is 4.99 Å². The van der Waals surface area contributed by atoms with E-state index in [1.165, 1.54) is 11.8 Å². The van der Waals surface area contributed by atoms with Crippen LogP contribution in [0.15, 0.2) is 46.3 Å². The molecule has 2 aromatic carbocycles. The van der Waals surface area contributed by atoms with E-state index < -0.39 is 0 Å². The summed E-state index contributed by atoms with van der Waals surface area (Å²) in [5, 5.41) is 9.91. The van der Waals surface area contributed by atoms with Crippen molar-refractivity contribution in [3.8, 4) is 11.8 Å². The molecule has 0 N–H and O–H groups in total. The monoisotopic (exact) mass is 615 g/mol. The fraction of sp³-hybridized carbons (Fsp3) is 0.150. The van der Waals surface area contributed by atoms with Gasteiger partial charge in [-0.05, 0) is 86.8 Å². The number of amides is 1. The molecule has 1 amide bonds. The molecule has 1 fully saturated rings. The fourth-order valence-corrected chi connectivity index (χ4v) is 5.66. The molecule has 1 aliphatic heterocycles. The van der Waals surface area contributed by atoms with Gasteiger partial charge >= 0.3 is 0 Å². The van der Waals surface area contributed by atoms with Gasteiger partial charge in [-0.2, -0.15) is 5.26 Å². The normalized spacial score (nSPS) is 16.7. The first kappa shape index (κ1) is 21.1. The lowest BCUT2D eigenvalue weighted by molar-refractivity contribution is -0.121. The Bertz CT molecular complexity index is 1020. The summed E-state index contributed by atoms with van der Waals surface area (Å²) in [4.78, 5) is 18.7. The quantitative estimate of drug-likeness (QED) is 0.364. The van der Waals surface area contributed by atoms with Gasteiger partial charge in [-0.25, -0.2) is 0 Å². The average Bonchev–Trinajstić information content (AvgIpc) is 2.95. The van der Waals surface area contributed by atoms with Gasteiger partial charge in [-0.1, -0.05) is 18.2 Å². The van der Waals surface area contributed by atoms with Crippen LogP contribution in [0.2, 0.25) is 0 Å². The molecule has 5 nitrogen and oxygen atoms in total. The van der Waals surface area contributed by atoms with E-state index in [-0.39, 0.29) is 5.91 Å². The number of nitrogens with zero attached hydrogens (tertiary/aromatic N) is 3. The number of hydrogen-bond acceptors (Lipinski definition) is 5. The molecule has 1 saturated heterocycles. The van der Waals surface area contributed by atoms with Gasteiger partial charge in [-0.3, -0.25) is 14.7 Å². The predicted molar refractivity (Wildman–Crippen MR) is 129 cm³/mol. The third-order valence-electron chi connectivity index (χ3n) is 4.02. The second kappa shape index (κ2) is 9.28. The summed E-state index contributed by atoms with van der Waals surface area (Å²) in [6.45, 7) is 0.325. The Morgan fingerprint density at radius 3 is 2.57 bits per heavy atom. The summed E-state index contributed by atoms with van der Waals surface area (Å²) in [7, 11) is 3.40. The molecular weight excluding hydrogens is 600 g/mol. The molecule has 1 aliphatic rings. The number of carbonyl (C=O) groups is 1. The SMILES string of the molecule is CN=C1S/C(=C\c2cc(I)c(OCc3ccccc3C#N)c(I)c2)C(=O)N1C. The molecule has 2 aromatic rings. The Hall–Kier alpha value is -1.58. The van der Waals surface area contributed by atoms with E-state index in [9.17, 15) is 10.1 Å². The van der Waals surface area contributed by atoms with Gasteiger partial charge in [0, 0.05) is 19.7 Å². The summed E-state index contributed by atoms with van der Waals surface area (Å²) in [5.41, 5.74) is 2.40. The smallest absolute Gasteiger partial charge is 0.266 e. The predicted octanol–water partition coefficient (Wildman–Crippen LogP) is 4.88. The van der Waals surface area contributed by atoms with Crippen molar-refractivity contribution in [1.82, 2.24) is 4.90 Å². The number of carbonyl (C=O) groups excluding carboxylic acids is 1. The maximum atomic E-state index is 12.3. The van der Waals surface area contributed by atoms with Crippen LogP contribution in [0.25, 0.3) is 6.08 Å². The molecule has 0 bridgehead atoms. The molecule has 0 spiro atoms. The molecule has 1 heterocycles. The largest absolute Gasteiger partial charge is 0.487 e. The van der Waals surface area contributed by atoms with E-state index in [0.29, 0.717) is 22.2 Å². The highest BCUT2D eigenvalue weighted by Crippen LogP contribution is 2.34. The van der Waals surface area contributed by atoms with E-state index in [0.717, 1.165) is 24.0 Å². The van der Waals surface area contributed by atoms with Crippen molar-refractivity contribution in [3.63, 3.8) is 0 Å². The van der Waals surface area contributed by atoms with Crippen molar-refractivity contribution in [3.05, 3.63) is 65.1 Å². The highest BCUT2D eigenvalue weighted by Gasteiger charge is 2.29. The van der Waals surface area contributed by atoms with Crippen LogP contribution in [0.1, 0.15) is 16.7 Å². The van der Waals surface area contributed by atoms with E-state index >= 15 is 0 Å². The maximum Gasteiger partial charge on any atom is 0.266 e. The van der Waals surface area contributed by atoms with E-state index in [1.54, 1.807) is 25.1 Å². The Morgan fingerprint density at radius 2 is 1.96 bits per heavy atom. The second-order valence-electron chi connectivity index (χ2n) is 5.85. The number of thioether (sulfide) groups is 1. The molecule has 0 aliphatic carbocycles. The molecule has 0 unspecified atom stereocenters. The molecule has 142 valence electrons. The summed E-state index contributed by atoms with van der Waals surface area (Å²) in [5.74, 6) is 0.721. The minimum atomic E-state index is -0.0518. The van der Waals surface area contributed by atoms with Crippen molar-refractivity contribution in [2.45, 2.75) is 6.61 Å². The number of aliphatic imine (C=N–C) groups is 1. The summed E-state index contributed by atoms with van der Waals surface area (Å²) < 4.78 is 7.89. The third kappa shape index (κ3) is 4.52. The zero-order valence-corrected chi connectivity index (χ0v) is 20.2. The zero-order valence-electron chi connectivity index (χ0n) is 15.1. The first-order chi connectivity index (χ1) is 13.4. The highest BCUT2D eigenvalue weighted by molar-refractivity contribution is 14.1. The van der Waals surface area contributed by atoms with Crippen LogP contribution in [0.3, 0.4) is 0 Å². The lowest BCUT2D eigenvalue weighted by Gasteiger charge is -2.12. The van der Waals surface area contributed by atoms with Gasteiger partial charge in [0.2, 0.25) is 0 Å². The van der Waals surface area contributed by atoms with Crippen molar-refractivity contribution in [2.75, 3.05) is 14.1 Å². The number of benzene rings is 2. The summed E-state index contributed by atoms with van der Waals surface area (Å²) >= 11 is 5.83. The Kier molecular flexibility index (Phi) is 7.00. The molecule has 0 radical (unpaired) electrons. The number of amidine groups is 1. The van der Waals surface area contributed by atoms with Gasteiger partial charge in [-0.15, -0.1) is 0 Å². The summed E-state index contributed by atoms with van der Waals surface area (Å²) in [6.07, 6.45) is 1.88. The van der Waals surface area contributed by atoms with Crippen LogP contribution in [0, 0.1) is 18.5 Å². The van der Waals surface area contributed by atoms with Crippen LogP contribution in [0.4, 0.5) is 0 Å². The maximum absolute atomic E-state index is 12.3. The molecule has 0 aromatic heterocycles. The number of likely N-dealkylation sites (N-methyl/N-ethyl adjacent to an activating group) is 1. The van der Waals surface area contributed by atoms with Crippen molar-refractivity contribution in [1.29, 1.82) is 5.26 Å². The number of rotatable bonds is 4. The summed E-state index contributed by atoms with van der Waals surface area (Å²) in [6, 6.07) is 13.6. The Morgan fingerprint density at radius 1 is 1.29 bits per heavy atom. The standard InChI is InChI=1S/C20H15I2N3O2S/c1-24-20-25(2)19(26)17(28-20)9-12-7-15(21)18(16(22)8-12)27-11-14-6-4-3-5-13(14)10-23/h3-9H,11H2,1-2H3/b17-9-,24-20?. The molecule has 0 atom stereocenters. The fourth-order valence-electron chi connectivity index (χ4n) is 2.61. The molecule has 8 heteroatoms. The van der Waals surface area contributed by atoms with Crippen LogP contribution in [-0.4, -0.2) is 30.1 Å². The zero-order chi connectivity index (χ0) is 20.3. The van der Waals surface area contributed by atoms with Crippen LogP contribution < -0.4 is 4.74 Å². The van der Waals surface area contributed by atoms with Gasteiger partial charge in [0.15, 0.2) is 5.17 Å². The topological polar surface area (TPSA) is 65.7 Å². The second-order valence-corrected chi connectivity index (χ2v) is 9.19. The number of nitriles is 1. The van der Waals surface area contributed by atoms with Gasteiger partial charge in [0.1, 0.15) is 12.4 Å². The Labute approximate surface area is 195 Å². The van der Waals surface area contributed by atoms with Gasteiger partial charge in [0.25, 0.3) is 5.91 Å². The number of hydrogen-bond donors (Lipinski definition) is 0. The van der Waals surface area contributed by atoms with Crippen molar-refractivity contribution >= 4 is 74.1 Å². The van der Waals surface area contributed by atoms with Crippen LogP contribution >= 0.6 is 56.9 Å². The minimum Gasteiger partial charge on any atom is -0.487 e. The minimum absolute atomic E-state index is 0.0518. The molecule has 0 saturated carbocycles. The third-order valence-corrected chi connectivity index (χ3v) is 6.78. The first-order valence-electron chi connectivity index (χ1n) is 8.18. The van der Waals surface area contributed by atoms with E-state index in [4.69, 9.17) is 4.74 Å². The van der Waals surface area contributed by atoms with Gasteiger partial charge < -0.3 is 4.74 Å². The van der Waals surface area contributed by atoms with Crippen molar-refractivity contribution < 1.29 is 9.53 Å². The van der Waals surface area contributed by atoms with E-state index in [2.05, 4.69) is 56.2 Å². The van der Waals surface area contributed by atoms with Crippen LogP contribution in [0.5, 0.6) is 5.75 Å². The van der Waals surface area contributed by atoms with Crippen LogP contribution in [-0.2, 0) is 11.4 Å². The lowest BCUT2D eigenvalue weighted by atomic mass is 10.1. The number of halogens is 2. The Balaban J connectivity index is 1.83. The lowest BCUT2D eigenvalue weighted by Crippen LogP contribution is -2.23. The first-order valence-corrected chi connectivity index (χ1v) is 11.2. The highest BCUT2D eigenvalue weighted by atomic mass is 127. The molecule has 3 rings (SSSR count). The average molecular weight is 615 g/mol. The molecule has 28 heavy (non-hydrogen) atoms.